The molecule has 1 N–H and O–H groups in total. The van der Waals surface area contributed by atoms with E-state index in [0.717, 1.165) is 89.9 Å². The van der Waals surface area contributed by atoms with Crippen LogP contribution in [0.3, 0.4) is 0 Å². The van der Waals surface area contributed by atoms with Gasteiger partial charge in [0.1, 0.15) is 6.61 Å². The molecule has 0 heterocycles. The standard InChI is InChI=1S/C81H144O5/c1-3-5-7-9-11-13-15-17-19-21-23-25-27-29-31-33-35-36-37-38-39-40-41-42-43-44-46-48-50-52-54-56-58-60-62-64-66-68-70-72-74-76-81(84)86-79(77-82)78-85-80(83)75-73-71-69-67-65-63-61-59-57-55-53-51-49-47-45-34-32-30-28-26-24-22-20-18-16-14-12-10-8-6-4-2/h5,7,11,13,17,19,23,25,29,31,35-36,38-39,41-42,79,82H,3-4,6,8-10,12,14-16,18,20-22,24,26-28,30,32-34,37,40,43-78H2,1-2H3/b7-5-,13-11-,19-17-,25-23-,31-29-,36-35-,39-38-,42-41-. The molecular weight excluding hydrogens is 1050 g/mol. The zero-order chi connectivity index (χ0) is 61.9. The van der Waals surface area contributed by atoms with E-state index < -0.39 is 6.10 Å². The van der Waals surface area contributed by atoms with Gasteiger partial charge in [0.25, 0.3) is 0 Å². The normalized spacial score (nSPS) is 12.7. The Labute approximate surface area is 536 Å². The molecule has 0 saturated carbocycles. The summed E-state index contributed by atoms with van der Waals surface area (Å²) in [7, 11) is 0. The highest BCUT2D eigenvalue weighted by molar-refractivity contribution is 5.70. The maximum absolute atomic E-state index is 12.4. The van der Waals surface area contributed by atoms with Gasteiger partial charge in [0.15, 0.2) is 6.10 Å². The van der Waals surface area contributed by atoms with Crippen LogP contribution in [0.2, 0.25) is 0 Å². The Morgan fingerprint density at radius 3 is 0.756 bits per heavy atom. The fraction of sp³-hybridized carbons (Fsp3) is 0.778. The molecule has 0 aromatic heterocycles. The predicted molar refractivity (Wildman–Crippen MR) is 380 cm³/mol. The van der Waals surface area contributed by atoms with Crippen molar-refractivity contribution in [1.82, 2.24) is 0 Å². The molecule has 0 amide bonds. The quantitative estimate of drug-likeness (QED) is 0.0373. The van der Waals surface area contributed by atoms with Crippen molar-refractivity contribution in [2.24, 2.45) is 0 Å². The predicted octanol–water partition coefficient (Wildman–Crippen LogP) is 26.5. The van der Waals surface area contributed by atoms with Crippen molar-refractivity contribution in [3.63, 3.8) is 0 Å². The van der Waals surface area contributed by atoms with E-state index in [9.17, 15) is 14.7 Å². The molecule has 0 aromatic rings. The fourth-order valence-corrected chi connectivity index (χ4v) is 11.3. The van der Waals surface area contributed by atoms with E-state index in [1.807, 2.05) is 0 Å². The number of aliphatic hydroxyl groups is 1. The van der Waals surface area contributed by atoms with Crippen molar-refractivity contribution in [1.29, 1.82) is 0 Å². The molecule has 0 fully saturated rings. The topological polar surface area (TPSA) is 72.8 Å². The molecule has 498 valence electrons. The minimum absolute atomic E-state index is 0.0630. The van der Waals surface area contributed by atoms with Gasteiger partial charge in [-0.05, 0) is 77.0 Å². The monoisotopic (exact) mass is 1200 g/mol. The lowest BCUT2D eigenvalue weighted by Crippen LogP contribution is -2.28. The van der Waals surface area contributed by atoms with Crippen LogP contribution >= 0.6 is 0 Å². The minimum atomic E-state index is -0.775. The number of rotatable bonds is 70. The Morgan fingerprint density at radius 2 is 0.500 bits per heavy atom. The first-order chi connectivity index (χ1) is 42.6. The van der Waals surface area contributed by atoms with Crippen molar-refractivity contribution in [3.05, 3.63) is 97.2 Å². The second-order valence-corrected chi connectivity index (χ2v) is 25.4. The molecule has 0 saturated heterocycles. The number of ether oxygens (including phenoxy) is 2. The van der Waals surface area contributed by atoms with Crippen molar-refractivity contribution < 1.29 is 24.2 Å². The summed E-state index contributed by atoms with van der Waals surface area (Å²) in [6.45, 7) is 4.08. The minimum Gasteiger partial charge on any atom is -0.462 e. The molecule has 0 rings (SSSR count). The number of unbranched alkanes of at least 4 members (excludes halogenated alkanes) is 46. The van der Waals surface area contributed by atoms with Crippen molar-refractivity contribution >= 4 is 11.9 Å². The van der Waals surface area contributed by atoms with Gasteiger partial charge in [0, 0.05) is 12.8 Å². The van der Waals surface area contributed by atoms with Crippen molar-refractivity contribution in [2.75, 3.05) is 13.2 Å². The van der Waals surface area contributed by atoms with Crippen LogP contribution in [0.1, 0.15) is 386 Å². The van der Waals surface area contributed by atoms with Crippen LogP contribution in [0.15, 0.2) is 97.2 Å². The highest BCUT2D eigenvalue weighted by atomic mass is 16.6. The zero-order valence-corrected chi connectivity index (χ0v) is 57.3. The Kier molecular flexibility index (Phi) is 73.3. The fourth-order valence-electron chi connectivity index (χ4n) is 11.3. The number of hydrogen-bond donors (Lipinski definition) is 1. The average molecular weight is 1200 g/mol. The summed E-state index contributed by atoms with van der Waals surface area (Å²) in [5.41, 5.74) is 0. The van der Waals surface area contributed by atoms with Gasteiger partial charge in [-0.2, -0.15) is 0 Å². The number of hydrogen-bond acceptors (Lipinski definition) is 5. The largest absolute Gasteiger partial charge is 0.462 e. The van der Waals surface area contributed by atoms with Crippen molar-refractivity contribution in [2.45, 2.75) is 392 Å². The van der Waals surface area contributed by atoms with Gasteiger partial charge in [-0.1, -0.05) is 394 Å². The first kappa shape index (κ1) is 82.8. The number of carbonyl (C=O) groups excluding carboxylic acids is 2. The lowest BCUT2D eigenvalue weighted by atomic mass is 10.0. The molecule has 86 heavy (non-hydrogen) atoms. The van der Waals surface area contributed by atoms with Gasteiger partial charge in [-0.25, -0.2) is 0 Å². The van der Waals surface area contributed by atoms with Gasteiger partial charge in [0.2, 0.25) is 0 Å². The third-order valence-corrected chi connectivity index (χ3v) is 16.9. The van der Waals surface area contributed by atoms with Crippen LogP contribution in [0.5, 0.6) is 0 Å². The number of aliphatic hydroxyl groups excluding tert-OH is 1. The van der Waals surface area contributed by atoms with Gasteiger partial charge >= 0.3 is 11.9 Å². The molecular formula is C81H144O5. The molecule has 0 radical (unpaired) electrons. The van der Waals surface area contributed by atoms with Crippen LogP contribution in [-0.2, 0) is 19.1 Å². The van der Waals surface area contributed by atoms with E-state index in [1.54, 1.807) is 0 Å². The highest BCUT2D eigenvalue weighted by Gasteiger charge is 2.16. The zero-order valence-electron chi connectivity index (χ0n) is 57.3. The van der Waals surface area contributed by atoms with Crippen LogP contribution in [0, 0.1) is 0 Å². The third-order valence-electron chi connectivity index (χ3n) is 16.9. The average Bonchev–Trinajstić information content (AvgIpc) is 3.54. The Balaban J connectivity index is 3.44. The van der Waals surface area contributed by atoms with E-state index in [0.29, 0.717) is 12.8 Å². The summed E-state index contributed by atoms with van der Waals surface area (Å²) < 4.78 is 10.8. The number of allylic oxidation sites excluding steroid dienone is 16. The van der Waals surface area contributed by atoms with Crippen LogP contribution in [0.25, 0.3) is 0 Å². The number of esters is 2. The molecule has 0 aliphatic rings. The Bertz CT molecular complexity index is 1600. The summed E-state index contributed by atoms with van der Waals surface area (Å²) in [5.74, 6) is -0.572. The summed E-state index contributed by atoms with van der Waals surface area (Å²) in [6, 6.07) is 0. The lowest BCUT2D eigenvalue weighted by molar-refractivity contribution is -0.161. The molecule has 0 aliphatic heterocycles. The van der Waals surface area contributed by atoms with Crippen LogP contribution in [0.4, 0.5) is 0 Å². The second-order valence-electron chi connectivity index (χ2n) is 25.4. The van der Waals surface area contributed by atoms with Gasteiger partial charge in [-0.15, -0.1) is 0 Å². The molecule has 0 aromatic carbocycles. The van der Waals surface area contributed by atoms with Gasteiger partial charge in [-0.3, -0.25) is 9.59 Å². The molecule has 5 nitrogen and oxygen atoms in total. The molecule has 1 atom stereocenters. The third kappa shape index (κ3) is 73.3. The van der Waals surface area contributed by atoms with E-state index in [4.69, 9.17) is 9.47 Å². The molecule has 1 unspecified atom stereocenters. The van der Waals surface area contributed by atoms with E-state index in [-0.39, 0.29) is 25.2 Å². The van der Waals surface area contributed by atoms with E-state index in [2.05, 4.69) is 111 Å². The summed E-state index contributed by atoms with van der Waals surface area (Å²) >= 11 is 0. The maximum Gasteiger partial charge on any atom is 0.306 e. The first-order valence-corrected chi connectivity index (χ1v) is 37.8. The highest BCUT2D eigenvalue weighted by Crippen LogP contribution is 2.19. The van der Waals surface area contributed by atoms with Gasteiger partial charge in [0.05, 0.1) is 6.61 Å². The Hall–Kier alpha value is -3.18. The van der Waals surface area contributed by atoms with E-state index in [1.165, 1.54) is 270 Å². The second kappa shape index (κ2) is 76.1. The van der Waals surface area contributed by atoms with Gasteiger partial charge < -0.3 is 14.6 Å². The maximum atomic E-state index is 12.4. The summed E-state index contributed by atoms with van der Waals surface area (Å²) in [6.07, 6.45) is 109. The summed E-state index contributed by atoms with van der Waals surface area (Å²) in [4.78, 5) is 24.7. The smallest absolute Gasteiger partial charge is 0.306 e. The molecule has 5 heteroatoms. The van der Waals surface area contributed by atoms with Crippen LogP contribution < -0.4 is 0 Å². The van der Waals surface area contributed by atoms with Crippen LogP contribution in [-0.4, -0.2) is 36.4 Å². The van der Waals surface area contributed by atoms with E-state index >= 15 is 0 Å². The van der Waals surface area contributed by atoms with Crippen molar-refractivity contribution in [3.8, 4) is 0 Å². The summed E-state index contributed by atoms with van der Waals surface area (Å²) in [5, 5.41) is 9.72. The Morgan fingerprint density at radius 1 is 0.279 bits per heavy atom. The molecule has 0 spiro atoms. The number of carbonyl (C=O) groups is 2. The molecule has 0 aliphatic carbocycles. The first-order valence-electron chi connectivity index (χ1n) is 37.8. The lowest BCUT2D eigenvalue weighted by Gasteiger charge is -2.15. The SMILES string of the molecule is CC/C=C\C/C=C\C/C=C\C/C=C\C/C=C\C/C=C\C/C=C\C/C=C\CCCCCCCCCCCCCCCCCCC(=O)OC(CO)COC(=O)CCCCCCCCCCCCCCCCCCCCCCCCCCCCCCCCC. The molecule has 0 bridgehead atoms.